The van der Waals surface area contributed by atoms with Gasteiger partial charge in [-0.2, -0.15) is 6.08 Å². The molecule has 1 aliphatic rings. The molecule has 3 heteroatoms. The third-order valence-corrected chi connectivity index (χ3v) is 5.02. The minimum absolute atomic E-state index is 0. The first-order valence-electron chi connectivity index (χ1n) is 9.28. The van der Waals surface area contributed by atoms with Crippen molar-refractivity contribution in [3.05, 3.63) is 90.5 Å². The summed E-state index contributed by atoms with van der Waals surface area (Å²) >= 11 is 0. The van der Waals surface area contributed by atoms with Gasteiger partial charge >= 0.3 is 26.2 Å². The van der Waals surface area contributed by atoms with E-state index >= 15 is 0 Å². The van der Waals surface area contributed by atoms with Gasteiger partial charge in [-0.25, -0.2) is 11.6 Å². The molecule has 0 aromatic heterocycles. The van der Waals surface area contributed by atoms with Crippen LogP contribution in [0.15, 0.2) is 84.5 Å². The number of hydrogen-bond donors (Lipinski definition) is 0. The van der Waals surface area contributed by atoms with Crippen molar-refractivity contribution in [3.63, 3.8) is 0 Å². The maximum absolute atomic E-state index is 3.30. The third-order valence-electron chi connectivity index (χ3n) is 5.02. The number of fused-ring (bicyclic) bond motifs is 5. The molecule has 29 heavy (non-hydrogen) atoms. The van der Waals surface area contributed by atoms with Gasteiger partial charge in [-0.1, -0.05) is 86.1 Å². The summed E-state index contributed by atoms with van der Waals surface area (Å²) in [5, 5.41) is 8.08. The Morgan fingerprint density at radius 3 is 2.07 bits per heavy atom. The Bertz CT molecular complexity index is 1140. The Labute approximate surface area is 205 Å². The fourth-order valence-electron chi connectivity index (χ4n) is 3.63. The maximum atomic E-state index is 3.30. The van der Waals surface area contributed by atoms with E-state index in [4.69, 9.17) is 0 Å². The minimum Gasteiger partial charge on any atom is -1.00 e. The van der Waals surface area contributed by atoms with Crippen LogP contribution >= 0.6 is 0 Å². The van der Waals surface area contributed by atoms with Gasteiger partial charge < -0.3 is 24.8 Å². The average molecular weight is 499 g/mol. The van der Waals surface area contributed by atoms with E-state index in [9.17, 15) is 0 Å². The monoisotopic (exact) mass is 496 g/mol. The second-order valence-corrected chi connectivity index (χ2v) is 7.93. The Morgan fingerprint density at radius 1 is 0.793 bits per heavy atom. The zero-order valence-corrected chi connectivity index (χ0v) is 20.9. The maximum Gasteiger partial charge on any atom is 4.00 e. The topological polar surface area (TPSA) is 0 Å². The second kappa shape index (κ2) is 10.7. The van der Waals surface area contributed by atoms with Crippen molar-refractivity contribution in [1.29, 1.82) is 0 Å². The molecule has 0 fully saturated rings. The zero-order valence-electron chi connectivity index (χ0n) is 17.0. The van der Waals surface area contributed by atoms with E-state index in [0.29, 0.717) is 5.41 Å². The molecular weight excluding hydrogens is 474 g/mol. The Morgan fingerprint density at radius 2 is 1.45 bits per heavy atom. The number of allylic oxidation sites excluding steroid dienone is 4. The van der Waals surface area contributed by atoms with Crippen LogP contribution in [0.25, 0.3) is 32.3 Å². The van der Waals surface area contributed by atoms with Gasteiger partial charge in [0.1, 0.15) is 0 Å². The predicted octanol–water partition coefficient (Wildman–Crippen LogP) is 1.59. The number of benzene rings is 3. The van der Waals surface area contributed by atoms with Crippen LogP contribution in [0.1, 0.15) is 27.2 Å². The van der Waals surface area contributed by atoms with Gasteiger partial charge in [0.2, 0.25) is 0 Å². The molecule has 0 radical (unpaired) electrons. The molecule has 0 nitrogen and oxygen atoms in total. The van der Waals surface area contributed by atoms with E-state index in [1.165, 1.54) is 37.9 Å². The SMILES string of the molecule is CC(C)(C)C1=[C-]CC=C1.[Cl-].[Cl-].[Zr+4].c1ccc2c(c1)ccc1c3ccccc3[cH-]c21. The molecule has 4 aromatic carbocycles. The van der Waals surface area contributed by atoms with Crippen LogP contribution in [-0.2, 0) is 26.2 Å². The van der Waals surface area contributed by atoms with Crippen LogP contribution in [-0.4, -0.2) is 0 Å². The van der Waals surface area contributed by atoms with Crippen LogP contribution < -0.4 is 24.8 Å². The van der Waals surface area contributed by atoms with Gasteiger partial charge in [-0.15, -0.1) is 40.1 Å². The summed E-state index contributed by atoms with van der Waals surface area (Å²) in [4.78, 5) is 0. The molecular formula is C26H24Cl2Zr. The molecule has 146 valence electrons. The molecule has 0 N–H and O–H groups in total. The summed E-state index contributed by atoms with van der Waals surface area (Å²) < 4.78 is 0. The van der Waals surface area contributed by atoms with Gasteiger partial charge in [-0.05, 0) is 5.41 Å². The normalized spacial score (nSPS) is 12.4. The summed E-state index contributed by atoms with van der Waals surface area (Å²) in [6.07, 6.45) is 8.63. The fourth-order valence-corrected chi connectivity index (χ4v) is 3.63. The molecule has 0 amide bonds. The standard InChI is InChI=1S/C17H11.C9H13.2ClH.Zr/c1-3-7-14-12(5-1)9-10-16-15-8-4-2-6-13(15)11-17(14)16;1-9(2,3)8-6-4-5-7-8;;;/h1-11H;4,6H,5H2,1-3H3;2*1H;/q2*-1;;;+4/p-2. The van der Waals surface area contributed by atoms with Gasteiger partial charge in [0, 0.05) is 0 Å². The van der Waals surface area contributed by atoms with E-state index in [1.54, 1.807) is 0 Å². The van der Waals surface area contributed by atoms with Crippen molar-refractivity contribution < 1.29 is 51.0 Å². The molecule has 0 spiro atoms. The Balaban J connectivity index is 0.000000307. The summed E-state index contributed by atoms with van der Waals surface area (Å²) in [6.45, 7) is 6.64. The molecule has 5 rings (SSSR count). The van der Waals surface area contributed by atoms with E-state index in [1.807, 2.05) is 0 Å². The van der Waals surface area contributed by atoms with Crippen molar-refractivity contribution in [3.8, 4) is 0 Å². The number of rotatable bonds is 0. The van der Waals surface area contributed by atoms with Gasteiger partial charge in [-0.3, -0.25) is 6.08 Å². The number of halogens is 2. The molecule has 0 saturated heterocycles. The van der Waals surface area contributed by atoms with E-state index in [-0.39, 0.29) is 51.0 Å². The van der Waals surface area contributed by atoms with Gasteiger partial charge in [0.25, 0.3) is 0 Å². The Kier molecular flexibility index (Phi) is 9.48. The fraction of sp³-hybridized carbons (Fsp3) is 0.192. The molecule has 4 aromatic rings. The first-order valence-corrected chi connectivity index (χ1v) is 9.28. The van der Waals surface area contributed by atoms with Gasteiger partial charge in [0.05, 0.1) is 0 Å². The van der Waals surface area contributed by atoms with Gasteiger partial charge in [0.15, 0.2) is 0 Å². The van der Waals surface area contributed by atoms with Crippen LogP contribution in [0.4, 0.5) is 0 Å². The zero-order chi connectivity index (χ0) is 18.1. The van der Waals surface area contributed by atoms with E-state index in [0.717, 1.165) is 6.42 Å². The van der Waals surface area contributed by atoms with E-state index < -0.39 is 0 Å². The first kappa shape index (κ1) is 25.8. The van der Waals surface area contributed by atoms with Crippen molar-refractivity contribution in [2.45, 2.75) is 27.2 Å². The predicted molar refractivity (Wildman–Crippen MR) is 115 cm³/mol. The Hall–Kier alpha value is -1.27. The molecule has 0 heterocycles. The molecule has 0 atom stereocenters. The third kappa shape index (κ3) is 5.46. The van der Waals surface area contributed by atoms with Crippen LogP contribution in [0, 0.1) is 11.5 Å². The van der Waals surface area contributed by atoms with E-state index in [2.05, 4.69) is 106 Å². The minimum atomic E-state index is 0. The summed E-state index contributed by atoms with van der Waals surface area (Å²) in [5.41, 5.74) is 1.65. The van der Waals surface area contributed by atoms with Crippen molar-refractivity contribution in [2.24, 2.45) is 5.41 Å². The largest absolute Gasteiger partial charge is 4.00 e. The van der Waals surface area contributed by atoms with Crippen molar-refractivity contribution in [1.82, 2.24) is 0 Å². The second-order valence-electron chi connectivity index (χ2n) is 7.93. The number of hydrogen-bond acceptors (Lipinski definition) is 0. The summed E-state index contributed by atoms with van der Waals surface area (Å²) in [7, 11) is 0. The molecule has 0 bridgehead atoms. The van der Waals surface area contributed by atoms with Crippen LogP contribution in [0.3, 0.4) is 0 Å². The summed E-state index contributed by atoms with van der Waals surface area (Å²) in [6, 6.07) is 23.9. The van der Waals surface area contributed by atoms with Crippen molar-refractivity contribution in [2.75, 3.05) is 0 Å². The molecule has 0 aliphatic heterocycles. The van der Waals surface area contributed by atoms with Crippen molar-refractivity contribution >= 4 is 32.3 Å². The van der Waals surface area contributed by atoms with Crippen LogP contribution in [0.2, 0.25) is 0 Å². The van der Waals surface area contributed by atoms with Crippen LogP contribution in [0.5, 0.6) is 0 Å². The smallest absolute Gasteiger partial charge is 1.00 e. The first-order chi connectivity index (χ1) is 12.5. The average Bonchev–Trinajstić information content (AvgIpc) is 3.30. The molecule has 0 saturated carbocycles. The quantitative estimate of drug-likeness (QED) is 0.323. The molecule has 1 aliphatic carbocycles. The molecule has 0 unspecified atom stereocenters. The summed E-state index contributed by atoms with van der Waals surface area (Å²) in [5.74, 6) is 0.